The molecule has 0 amide bonds. The van der Waals surface area contributed by atoms with Crippen molar-refractivity contribution < 1.29 is 10.2 Å². The third-order valence-corrected chi connectivity index (χ3v) is 3.60. The van der Waals surface area contributed by atoms with E-state index in [-0.39, 0.29) is 6.61 Å². The van der Waals surface area contributed by atoms with Crippen molar-refractivity contribution in [2.75, 3.05) is 6.61 Å². The van der Waals surface area contributed by atoms with Gasteiger partial charge in [-0.2, -0.15) is 0 Å². The van der Waals surface area contributed by atoms with E-state index in [1.807, 2.05) is 0 Å². The third kappa shape index (κ3) is 14.0. The number of unbranched alkanes of at least 4 members (excludes halogenated alkanes) is 11. The Morgan fingerprint density at radius 2 is 1.06 bits per heavy atom. The van der Waals surface area contributed by atoms with Crippen LogP contribution < -0.4 is 0 Å². The van der Waals surface area contributed by atoms with Crippen LogP contribution in [0.2, 0.25) is 0 Å². The molecule has 0 heterocycles. The Hall–Kier alpha value is -0.0800. The Kier molecular flexibility index (Phi) is 14.9. The monoisotopic (exact) mass is 258 g/mol. The standard InChI is InChI=1S/C16H34O2/c1-2-3-4-5-6-7-8-9-10-11-12-13-14-16(18)15-17/h16-18H,2-15H2,1H3. The van der Waals surface area contributed by atoms with Gasteiger partial charge in [0, 0.05) is 0 Å². The zero-order valence-electron chi connectivity index (χ0n) is 12.4. The molecule has 0 spiro atoms. The summed E-state index contributed by atoms with van der Waals surface area (Å²) < 4.78 is 0. The first-order valence-corrected chi connectivity index (χ1v) is 8.10. The Labute approximate surface area is 114 Å². The first-order valence-electron chi connectivity index (χ1n) is 8.10. The van der Waals surface area contributed by atoms with Crippen LogP contribution in [0.4, 0.5) is 0 Å². The number of hydrogen-bond donors (Lipinski definition) is 2. The molecule has 0 fully saturated rings. The zero-order valence-corrected chi connectivity index (χ0v) is 12.4. The molecule has 0 aromatic rings. The largest absolute Gasteiger partial charge is 0.394 e. The molecule has 2 nitrogen and oxygen atoms in total. The van der Waals surface area contributed by atoms with Crippen LogP contribution in [-0.2, 0) is 0 Å². The van der Waals surface area contributed by atoms with E-state index in [1.165, 1.54) is 70.6 Å². The molecular formula is C16H34O2. The molecule has 0 saturated heterocycles. The smallest absolute Gasteiger partial charge is 0.0770 e. The fourth-order valence-electron chi connectivity index (χ4n) is 2.31. The minimum atomic E-state index is -0.492. The quantitative estimate of drug-likeness (QED) is 0.452. The maximum Gasteiger partial charge on any atom is 0.0770 e. The van der Waals surface area contributed by atoms with Crippen molar-refractivity contribution >= 4 is 0 Å². The lowest BCUT2D eigenvalue weighted by Crippen LogP contribution is -2.10. The van der Waals surface area contributed by atoms with Crippen molar-refractivity contribution in [3.05, 3.63) is 0 Å². The van der Waals surface area contributed by atoms with E-state index in [4.69, 9.17) is 10.2 Å². The van der Waals surface area contributed by atoms with E-state index in [0.717, 1.165) is 12.8 Å². The summed E-state index contributed by atoms with van der Waals surface area (Å²) in [7, 11) is 0. The van der Waals surface area contributed by atoms with Crippen LogP contribution in [0, 0.1) is 0 Å². The number of rotatable bonds is 14. The van der Waals surface area contributed by atoms with E-state index in [2.05, 4.69) is 6.92 Å². The predicted molar refractivity (Wildman–Crippen MR) is 78.8 cm³/mol. The van der Waals surface area contributed by atoms with Crippen molar-refractivity contribution in [1.29, 1.82) is 0 Å². The van der Waals surface area contributed by atoms with Gasteiger partial charge in [-0.05, 0) is 6.42 Å². The Bertz CT molecular complexity index is 148. The van der Waals surface area contributed by atoms with Crippen LogP contribution >= 0.6 is 0 Å². The average molecular weight is 258 g/mol. The topological polar surface area (TPSA) is 40.5 Å². The highest BCUT2D eigenvalue weighted by Gasteiger charge is 2.00. The second-order valence-electron chi connectivity index (χ2n) is 5.51. The normalized spacial score (nSPS) is 12.8. The van der Waals surface area contributed by atoms with Crippen molar-refractivity contribution in [2.45, 2.75) is 96.5 Å². The summed E-state index contributed by atoms with van der Waals surface area (Å²) in [4.78, 5) is 0. The lowest BCUT2D eigenvalue weighted by atomic mass is 10.0. The van der Waals surface area contributed by atoms with Gasteiger partial charge >= 0.3 is 0 Å². The van der Waals surface area contributed by atoms with Gasteiger partial charge in [0.05, 0.1) is 12.7 Å². The van der Waals surface area contributed by atoms with Crippen molar-refractivity contribution in [3.8, 4) is 0 Å². The van der Waals surface area contributed by atoms with Gasteiger partial charge in [-0.3, -0.25) is 0 Å². The van der Waals surface area contributed by atoms with Crippen LogP contribution in [0.5, 0.6) is 0 Å². The van der Waals surface area contributed by atoms with Crippen LogP contribution in [-0.4, -0.2) is 22.9 Å². The molecule has 1 unspecified atom stereocenters. The van der Waals surface area contributed by atoms with Crippen molar-refractivity contribution in [2.24, 2.45) is 0 Å². The van der Waals surface area contributed by atoms with Gasteiger partial charge < -0.3 is 10.2 Å². The summed E-state index contributed by atoms with van der Waals surface area (Å²) in [6, 6.07) is 0. The van der Waals surface area contributed by atoms with E-state index in [9.17, 15) is 0 Å². The van der Waals surface area contributed by atoms with Gasteiger partial charge in [-0.25, -0.2) is 0 Å². The number of aliphatic hydroxyl groups is 2. The molecule has 0 bridgehead atoms. The lowest BCUT2D eigenvalue weighted by Gasteiger charge is -2.06. The molecule has 110 valence electrons. The molecule has 0 aliphatic carbocycles. The van der Waals surface area contributed by atoms with Crippen molar-refractivity contribution in [1.82, 2.24) is 0 Å². The molecule has 0 aromatic heterocycles. The second kappa shape index (κ2) is 15.0. The van der Waals surface area contributed by atoms with E-state index in [0.29, 0.717) is 0 Å². The Morgan fingerprint density at radius 1 is 0.667 bits per heavy atom. The molecule has 1 atom stereocenters. The van der Waals surface area contributed by atoms with Crippen molar-refractivity contribution in [3.63, 3.8) is 0 Å². The minimum absolute atomic E-state index is 0.0853. The van der Waals surface area contributed by atoms with Gasteiger partial charge in [0.15, 0.2) is 0 Å². The zero-order chi connectivity index (χ0) is 13.5. The van der Waals surface area contributed by atoms with Crippen LogP contribution in [0.25, 0.3) is 0 Å². The van der Waals surface area contributed by atoms with Crippen LogP contribution in [0.1, 0.15) is 90.4 Å². The molecule has 0 aliphatic heterocycles. The van der Waals surface area contributed by atoms with Crippen LogP contribution in [0.3, 0.4) is 0 Å². The number of aliphatic hydroxyl groups excluding tert-OH is 2. The molecule has 0 saturated carbocycles. The number of hydrogen-bond acceptors (Lipinski definition) is 2. The highest BCUT2D eigenvalue weighted by Crippen LogP contribution is 2.12. The Balaban J connectivity index is 2.94. The van der Waals surface area contributed by atoms with Gasteiger partial charge in [0.2, 0.25) is 0 Å². The van der Waals surface area contributed by atoms with Gasteiger partial charge in [0.1, 0.15) is 0 Å². The van der Waals surface area contributed by atoms with Gasteiger partial charge in [-0.15, -0.1) is 0 Å². The van der Waals surface area contributed by atoms with Gasteiger partial charge in [-0.1, -0.05) is 84.0 Å². The Morgan fingerprint density at radius 3 is 1.44 bits per heavy atom. The molecule has 2 heteroatoms. The molecule has 0 rings (SSSR count). The summed E-state index contributed by atoms with van der Waals surface area (Å²) in [5, 5.41) is 17.8. The fourth-order valence-corrected chi connectivity index (χ4v) is 2.31. The lowest BCUT2D eigenvalue weighted by molar-refractivity contribution is 0.0860. The SMILES string of the molecule is CCCCCCCCCCCCCCC(O)CO. The second-order valence-corrected chi connectivity index (χ2v) is 5.51. The molecular weight excluding hydrogens is 224 g/mol. The minimum Gasteiger partial charge on any atom is -0.394 e. The van der Waals surface area contributed by atoms with Gasteiger partial charge in [0.25, 0.3) is 0 Å². The summed E-state index contributed by atoms with van der Waals surface area (Å²) in [6.45, 7) is 2.18. The summed E-state index contributed by atoms with van der Waals surface area (Å²) in [5.41, 5.74) is 0. The summed E-state index contributed by atoms with van der Waals surface area (Å²) in [5.74, 6) is 0. The highest BCUT2D eigenvalue weighted by molar-refractivity contribution is 4.53. The molecule has 2 N–H and O–H groups in total. The molecule has 18 heavy (non-hydrogen) atoms. The summed E-state index contributed by atoms with van der Waals surface area (Å²) in [6.07, 6.45) is 16.3. The average Bonchev–Trinajstić information content (AvgIpc) is 2.39. The van der Waals surface area contributed by atoms with E-state index in [1.54, 1.807) is 0 Å². The van der Waals surface area contributed by atoms with Crippen LogP contribution in [0.15, 0.2) is 0 Å². The van der Waals surface area contributed by atoms with E-state index >= 15 is 0 Å². The molecule has 0 aromatic carbocycles. The maximum absolute atomic E-state index is 9.17. The first kappa shape index (κ1) is 17.9. The maximum atomic E-state index is 9.17. The van der Waals surface area contributed by atoms with E-state index < -0.39 is 6.10 Å². The molecule has 0 radical (unpaired) electrons. The first-order chi connectivity index (χ1) is 8.81. The third-order valence-electron chi connectivity index (χ3n) is 3.60. The summed E-state index contributed by atoms with van der Waals surface area (Å²) >= 11 is 0. The highest BCUT2D eigenvalue weighted by atomic mass is 16.3. The predicted octanol–water partition coefficient (Wildman–Crippen LogP) is 4.43. The molecule has 0 aliphatic rings. The fraction of sp³-hybridized carbons (Fsp3) is 1.00.